The van der Waals surface area contributed by atoms with E-state index in [0.717, 1.165) is 57.3 Å². The molecule has 0 radical (unpaired) electrons. The van der Waals surface area contributed by atoms with Gasteiger partial charge in [0, 0.05) is 30.6 Å². The van der Waals surface area contributed by atoms with Gasteiger partial charge in [0.2, 0.25) is 0 Å². The van der Waals surface area contributed by atoms with Crippen LogP contribution in [0, 0.1) is 6.92 Å². The first-order valence-electron chi connectivity index (χ1n) is 15.0. The highest BCUT2D eigenvalue weighted by molar-refractivity contribution is 6.02. The topological polar surface area (TPSA) is 73.8 Å². The molecule has 7 nitrogen and oxygen atoms in total. The molecule has 2 N–H and O–H groups in total. The van der Waals surface area contributed by atoms with Crippen molar-refractivity contribution < 1.29 is 9.84 Å². The van der Waals surface area contributed by atoms with E-state index in [9.17, 15) is 5.11 Å². The summed E-state index contributed by atoms with van der Waals surface area (Å²) in [6.07, 6.45) is 7.26. The molecule has 3 aromatic carbocycles. The van der Waals surface area contributed by atoms with E-state index in [2.05, 4.69) is 52.4 Å². The number of nitrogens with one attached hydrogen (secondary N) is 1. The van der Waals surface area contributed by atoms with Gasteiger partial charge in [-0.2, -0.15) is 9.97 Å². The molecule has 4 fully saturated rings. The molecule has 7 heteroatoms. The fraction of sp³-hybridized carbons (Fsp3) is 0.455. The van der Waals surface area contributed by atoms with Gasteiger partial charge in [-0.25, -0.2) is 0 Å². The van der Waals surface area contributed by atoms with E-state index in [-0.39, 0.29) is 11.3 Å². The number of aromatic nitrogens is 2. The Morgan fingerprint density at radius 2 is 1.73 bits per heavy atom. The van der Waals surface area contributed by atoms with Crippen LogP contribution in [-0.4, -0.2) is 70.4 Å². The largest absolute Gasteiger partial charge is 0.508 e. The lowest BCUT2D eigenvalue weighted by molar-refractivity contribution is 0.108. The zero-order valence-electron chi connectivity index (χ0n) is 23.2. The molecule has 0 aliphatic carbocycles. The summed E-state index contributed by atoms with van der Waals surface area (Å²) in [5, 5.41) is 17.4. The van der Waals surface area contributed by atoms with Crippen LogP contribution in [0.4, 0.5) is 5.82 Å². The molecule has 206 valence electrons. The van der Waals surface area contributed by atoms with Crippen LogP contribution < -0.4 is 15.0 Å². The average molecular weight is 536 g/mol. The van der Waals surface area contributed by atoms with Crippen molar-refractivity contribution in [1.29, 1.82) is 0 Å². The van der Waals surface area contributed by atoms with Gasteiger partial charge in [0.25, 0.3) is 0 Å². The fourth-order valence-electron chi connectivity index (χ4n) is 8.15. The summed E-state index contributed by atoms with van der Waals surface area (Å²) in [6, 6.07) is 17.7. The Labute approximate surface area is 235 Å². The molecule has 0 amide bonds. The van der Waals surface area contributed by atoms with Crippen molar-refractivity contribution in [3.8, 4) is 22.9 Å². The minimum Gasteiger partial charge on any atom is -0.508 e. The van der Waals surface area contributed by atoms with Gasteiger partial charge in [-0.1, -0.05) is 30.3 Å². The summed E-state index contributed by atoms with van der Waals surface area (Å²) < 4.78 is 6.57. The Morgan fingerprint density at radius 3 is 2.52 bits per heavy atom. The number of phenolic OH excluding ortho intramolecular Hbond substituents is 1. The Morgan fingerprint density at radius 1 is 0.950 bits per heavy atom. The van der Waals surface area contributed by atoms with Crippen LogP contribution in [0.1, 0.15) is 44.1 Å². The molecule has 4 saturated heterocycles. The van der Waals surface area contributed by atoms with Gasteiger partial charge < -0.3 is 20.1 Å². The Kier molecular flexibility index (Phi) is 5.68. The van der Waals surface area contributed by atoms with Crippen molar-refractivity contribution >= 4 is 27.5 Å². The summed E-state index contributed by atoms with van der Waals surface area (Å²) in [7, 11) is 0. The lowest BCUT2D eigenvalue weighted by Crippen LogP contribution is -2.52. The Balaban J connectivity index is 1.27. The van der Waals surface area contributed by atoms with Gasteiger partial charge in [0.15, 0.2) is 0 Å². The summed E-state index contributed by atoms with van der Waals surface area (Å²) >= 11 is 0. The number of fused-ring (bicyclic) bond motifs is 5. The van der Waals surface area contributed by atoms with Crippen molar-refractivity contribution in [2.24, 2.45) is 0 Å². The molecule has 2 atom stereocenters. The normalized spacial score (nSPS) is 23.8. The quantitative estimate of drug-likeness (QED) is 0.354. The molecule has 4 aliphatic rings. The Bertz CT molecular complexity index is 1590. The molecule has 5 heterocycles. The van der Waals surface area contributed by atoms with Gasteiger partial charge >= 0.3 is 6.01 Å². The minimum absolute atomic E-state index is 0.143. The monoisotopic (exact) mass is 535 g/mol. The molecule has 2 unspecified atom stereocenters. The molecule has 0 spiro atoms. The molecular formula is C33H37N5O2. The van der Waals surface area contributed by atoms with Gasteiger partial charge in [-0.3, -0.25) is 4.90 Å². The first-order valence-corrected chi connectivity index (χ1v) is 15.0. The zero-order chi connectivity index (χ0) is 26.8. The SMILES string of the molecule is Cc1c(-c2cc(O)cc3ccccc23)ccc2c(N3C4CCC3CNC4)nc(OCC34CCCN3CCC4)nc12. The van der Waals surface area contributed by atoms with Gasteiger partial charge in [0.05, 0.1) is 11.1 Å². The van der Waals surface area contributed by atoms with E-state index in [0.29, 0.717) is 24.7 Å². The molecule has 4 aliphatic heterocycles. The van der Waals surface area contributed by atoms with Crippen LogP contribution in [0.3, 0.4) is 0 Å². The van der Waals surface area contributed by atoms with Gasteiger partial charge in [-0.05, 0) is 104 Å². The summed E-state index contributed by atoms with van der Waals surface area (Å²) in [6.45, 7) is 7.14. The number of hydrogen-bond acceptors (Lipinski definition) is 7. The average Bonchev–Trinajstić information content (AvgIpc) is 3.62. The van der Waals surface area contributed by atoms with Crippen LogP contribution >= 0.6 is 0 Å². The first-order chi connectivity index (χ1) is 19.6. The van der Waals surface area contributed by atoms with E-state index in [4.69, 9.17) is 14.7 Å². The number of rotatable bonds is 5. The van der Waals surface area contributed by atoms with Crippen LogP contribution in [0.15, 0.2) is 48.5 Å². The highest BCUT2D eigenvalue weighted by Crippen LogP contribution is 2.42. The molecule has 8 rings (SSSR count). The molecule has 1 aromatic heterocycles. The Hall–Kier alpha value is -3.42. The van der Waals surface area contributed by atoms with Crippen molar-refractivity contribution in [2.75, 3.05) is 37.7 Å². The first kappa shape index (κ1) is 24.4. The number of benzene rings is 3. The maximum atomic E-state index is 10.6. The predicted octanol–water partition coefficient (Wildman–Crippen LogP) is 5.41. The third-order valence-corrected chi connectivity index (χ3v) is 10.1. The second kappa shape index (κ2) is 9.32. The van der Waals surface area contributed by atoms with Crippen LogP contribution in [0.5, 0.6) is 11.8 Å². The summed E-state index contributed by atoms with van der Waals surface area (Å²) in [4.78, 5) is 15.4. The standard InChI is InChI=1S/C33H37N5O2/c1-21-26(29-17-25(39)16-22-6-2-3-7-27(22)29)10-11-28-30(21)35-32(40-20-33-12-4-14-37(33)15-5-13-33)36-31(28)38-23-8-9-24(38)19-34-18-23/h2-3,6-7,10-11,16-17,23-24,34,39H,4-5,8-9,12-15,18-20H2,1H3. The maximum absolute atomic E-state index is 10.6. The van der Waals surface area contributed by atoms with Crippen molar-refractivity contribution in [3.05, 3.63) is 54.1 Å². The second-order valence-electron chi connectivity index (χ2n) is 12.3. The van der Waals surface area contributed by atoms with Crippen molar-refractivity contribution in [2.45, 2.75) is 63.1 Å². The van der Waals surface area contributed by atoms with Crippen molar-refractivity contribution in [1.82, 2.24) is 20.2 Å². The van der Waals surface area contributed by atoms with Crippen LogP contribution in [0.2, 0.25) is 0 Å². The summed E-state index contributed by atoms with van der Waals surface area (Å²) in [5.74, 6) is 1.28. The number of ether oxygens (including phenoxy) is 1. The van der Waals surface area contributed by atoms with Gasteiger partial charge in [0.1, 0.15) is 18.2 Å². The lowest BCUT2D eigenvalue weighted by atomic mass is 9.93. The van der Waals surface area contributed by atoms with Crippen LogP contribution in [0.25, 0.3) is 32.8 Å². The van der Waals surface area contributed by atoms with Crippen molar-refractivity contribution in [3.63, 3.8) is 0 Å². The van der Waals surface area contributed by atoms with E-state index in [1.807, 2.05) is 18.2 Å². The molecule has 2 bridgehead atoms. The molecular weight excluding hydrogens is 498 g/mol. The minimum atomic E-state index is 0.143. The third kappa shape index (κ3) is 3.78. The third-order valence-electron chi connectivity index (χ3n) is 10.1. The number of aromatic hydroxyl groups is 1. The lowest BCUT2D eigenvalue weighted by Gasteiger charge is -2.37. The number of anilines is 1. The highest BCUT2D eigenvalue weighted by atomic mass is 16.5. The predicted molar refractivity (Wildman–Crippen MR) is 159 cm³/mol. The molecule has 0 saturated carbocycles. The number of aryl methyl sites for hydroxylation is 1. The highest BCUT2D eigenvalue weighted by Gasteiger charge is 2.45. The molecule has 40 heavy (non-hydrogen) atoms. The number of phenols is 1. The maximum Gasteiger partial charge on any atom is 0.319 e. The van der Waals surface area contributed by atoms with E-state index in [1.165, 1.54) is 51.6 Å². The van der Waals surface area contributed by atoms with E-state index >= 15 is 0 Å². The number of piperazine rings is 1. The van der Waals surface area contributed by atoms with Gasteiger partial charge in [-0.15, -0.1) is 0 Å². The van der Waals surface area contributed by atoms with E-state index < -0.39 is 0 Å². The fourth-order valence-corrected chi connectivity index (χ4v) is 8.15. The van der Waals surface area contributed by atoms with Crippen LogP contribution in [-0.2, 0) is 0 Å². The van der Waals surface area contributed by atoms with E-state index in [1.54, 1.807) is 0 Å². The smallest absolute Gasteiger partial charge is 0.319 e. The second-order valence-corrected chi connectivity index (χ2v) is 12.3. The summed E-state index contributed by atoms with van der Waals surface area (Å²) in [5.41, 5.74) is 4.27. The number of nitrogens with zero attached hydrogens (tertiary/aromatic N) is 4. The zero-order valence-corrected chi connectivity index (χ0v) is 23.2. The molecule has 4 aromatic rings. The number of hydrogen-bond donors (Lipinski definition) is 2.